The maximum absolute atomic E-state index is 13.0. The molecule has 0 aliphatic heterocycles. The van der Waals surface area contributed by atoms with Crippen molar-refractivity contribution < 1.29 is 80.2 Å². The minimum Gasteiger partial charge on any atom is -0.462 e. The second kappa shape index (κ2) is 62.6. The first-order valence-electron chi connectivity index (χ1n) is 37.7. The maximum Gasteiger partial charge on any atom is 0.472 e. The van der Waals surface area contributed by atoms with Gasteiger partial charge in [-0.3, -0.25) is 37.3 Å². The second-order valence-electron chi connectivity index (χ2n) is 28.0. The van der Waals surface area contributed by atoms with E-state index in [1.807, 2.05) is 0 Å². The van der Waals surface area contributed by atoms with Gasteiger partial charge in [0.05, 0.1) is 26.4 Å². The van der Waals surface area contributed by atoms with Crippen molar-refractivity contribution in [3.8, 4) is 0 Å². The van der Waals surface area contributed by atoms with Crippen LogP contribution in [0.4, 0.5) is 0 Å². The van der Waals surface area contributed by atoms with Crippen LogP contribution in [0.3, 0.4) is 0 Å². The van der Waals surface area contributed by atoms with Gasteiger partial charge in [-0.05, 0) is 49.4 Å². The van der Waals surface area contributed by atoms with Crippen LogP contribution in [0.2, 0.25) is 0 Å². The molecule has 0 fully saturated rings. The zero-order chi connectivity index (χ0) is 68.2. The molecule has 0 heterocycles. The molecule has 0 rings (SSSR count). The van der Waals surface area contributed by atoms with E-state index in [1.54, 1.807) is 0 Å². The minimum atomic E-state index is -4.95. The van der Waals surface area contributed by atoms with Crippen LogP contribution in [-0.4, -0.2) is 96.7 Å². The highest BCUT2D eigenvalue weighted by atomic mass is 31.2. The minimum absolute atomic E-state index is 0.101. The van der Waals surface area contributed by atoms with Gasteiger partial charge in [0.2, 0.25) is 0 Å². The van der Waals surface area contributed by atoms with E-state index < -0.39 is 97.5 Å². The molecule has 0 saturated carbocycles. The van der Waals surface area contributed by atoms with Crippen LogP contribution < -0.4 is 0 Å². The zero-order valence-corrected chi connectivity index (χ0v) is 62.0. The SMILES string of the molecule is CCC(C)CCCCCCCCCCCCCCCCCCCCC(=O)O[C@H](COC(=O)CCCCCCCCCCC(C)C)COP(=O)(O)OCC(O)COP(=O)(O)OC[C@@H](COC(=O)CCCCCCCCCC(C)C)OC(=O)CCCCCCCCC(C)C. The van der Waals surface area contributed by atoms with E-state index in [9.17, 15) is 43.2 Å². The molecule has 0 saturated heterocycles. The molecule has 0 aliphatic carbocycles. The number of aliphatic hydroxyl groups is 1. The molecule has 0 spiro atoms. The largest absolute Gasteiger partial charge is 0.472 e. The number of hydrogen-bond acceptors (Lipinski definition) is 15. The molecule has 0 bridgehead atoms. The average molecular weight is 1350 g/mol. The Kier molecular flexibility index (Phi) is 61.3. The van der Waals surface area contributed by atoms with E-state index in [-0.39, 0.29) is 25.7 Å². The second-order valence-corrected chi connectivity index (χ2v) is 30.9. The topological polar surface area (TPSA) is 237 Å². The fraction of sp³-hybridized carbons (Fsp3) is 0.945. The summed E-state index contributed by atoms with van der Waals surface area (Å²) in [6.07, 6.45) is 46.3. The number of unbranched alkanes of at least 4 members (excludes halogenated alkanes) is 35. The molecule has 0 amide bonds. The van der Waals surface area contributed by atoms with Crippen LogP contribution in [0.1, 0.15) is 364 Å². The Bertz CT molecular complexity index is 1820. The van der Waals surface area contributed by atoms with Gasteiger partial charge in [-0.15, -0.1) is 0 Å². The summed E-state index contributed by atoms with van der Waals surface area (Å²) >= 11 is 0. The van der Waals surface area contributed by atoms with Crippen molar-refractivity contribution in [2.75, 3.05) is 39.6 Å². The first kappa shape index (κ1) is 90.1. The molecule has 19 heteroatoms. The van der Waals surface area contributed by atoms with Crippen LogP contribution in [0.25, 0.3) is 0 Å². The third-order valence-electron chi connectivity index (χ3n) is 17.2. The predicted octanol–water partition coefficient (Wildman–Crippen LogP) is 20.9. The highest BCUT2D eigenvalue weighted by molar-refractivity contribution is 7.47. The molecule has 4 unspecified atom stereocenters. The maximum atomic E-state index is 13.0. The van der Waals surface area contributed by atoms with Crippen LogP contribution in [0, 0.1) is 23.7 Å². The van der Waals surface area contributed by atoms with Gasteiger partial charge < -0.3 is 33.8 Å². The standard InChI is InChI=1S/C73H142O17P2/c1-9-66(8)52-44-36-27-20-18-16-14-12-10-11-13-15-17-19-21-29-39-47-55-72(77)89-68(59-83-70(75)53-45-37-28-23-22-25-33-41-49-63(2)3)61-87-91(79,80)85-57-67(74)58-86-92(81,82)88-62-69(90-73(78)56-48-40-32-31-35-43-51-65(6)7)60-84-71(76)54-46-38-30-24-26-34-42-50-64(4)5/h63-69,74H,9-62H2,1-8H3,(H,79,80)(H,81,82)/t66?,67?,68-,69-/m1/s1. The van der Waals surface area contributed by atoms with Crippen molar-refractivity contribution in [2.45, 2.75) is 382 Å². The van der Waals surface area contributed by atoms with Gasteiger partial charge in [0, 0.05) is 25.7 Å². The summed E-state index contributed by atoms with van der Waals surface area (Å²) < 4.78 is 68.3. The molecule has 0 aromatic carbocycles. The Morgan fingerprint density at radius 2 is 0.522 bits per heavy atom. The zero-order valence-electron chi connectivity index (χ0n) is 60.2. The van der Waals surface area contributed by atoms with Gasteiger partial charge in [-0.25, -0.2) is 9.13 Å². The van der Waals surface area contributed by atoms with Gasteiger partial charge >= 0.3 is 39.5 Å². The summed E-state index contributed by atoms with van der Waals surface area (Å²) in [5.74, 6) is 0.839. The highest BCUT2D eigenvalue weighted by Gasteiger charge is 2.30. The van der Waals surface area contributed by atoms with Crippen LogP contribution >= 0.6 is 15.6 Å². The summed E-state index contributed by atoms with van der Waals surface area (Å²) in [4.78, 5) is 72.5. The summed E-state index contributed by atoms with van der Waals surface area (Å²) in [6, 6.07) is 0. The van der Waals surface area contributed by atoms with E-state index >= 15 is 0 Å². The van der Waals surface area contributed by atoms with Gasteiger partial charge in [0.15, 0.2) is 12.2 Å². The third-order valence-corrected chi connectivity index (χ3v) is 19.1. The smallest absolute Gasteiger partial charge is 0.462 e. The molecule has 0 aromatic heterocycles. The van der Waals surface area contributed by atoms with Gasteiger partial charge in [0.1, 0.15) is 19.3 Å². The molecule has 546 valence electrons. The summed E-state index contributed by atoms with van der Waals surface area (Å²) in [6.45, 7) is 14.0. The lowest BCUT2D eigenvalue weighted by Crippen LogP contribution is -2.30. The Hall–Kier alpha value is -1.94. The van der Waals surface area contributed by atoms with Crippen LogP contribution in [-0.2, 0) is 65.4 Å². The number of carbonyl (C=O) groups excluding carboxylic acids is 4. The monoisotopic (exact) mass is 1350 g/mol. The van der Waals surface area contributed by atoms with Crippen molar-refractivity contribution >= 4 is 39.5 Å². The Labute approximate surface area is 562 Å². The molecule has 0 aromatic rings. The normalized spacial score (nSPS) is 14.5. The van der Waals surface area contributed by atoms with Crippen molar-refractivity contribution in [3.05, 3.63) is 0 Å². The number of hydrogen-bond donors (Lipinski definition) is 3. The van der Waals surface area contributed by atoms with Crippen LogP contribution in [0.5, 0.6) is 0 Å². The fourth-order valence-corrected chi connectivity index (χ4v) is 12.6. The lowest BCUT2D eigenvalue weighted by atomic mass is 9.99. The molecular weight excluding hydrogens is 1210 g/mol. The number of esters is 4. The molecule has 17 nitrogen and oxygen atoms in total. The summed E-state index contributed by atoms with van der Waals surface area (Å²) in [5.41, 5.74) is 0. The summed E-state index contributed by atoms with van der Waals surface area (Å²) in [5, 5.41) is 10.6. The van der Waals surface area contributed by atoms with Gasteiger partial charge in [-0.1, -0.05) is 312 Å². The fourth-order valence-electron chi connectivity index (χ4n) is 11.0. The van der Waals surface area contributed by atoms with E-state index in [4.69, 9.17) is 37.0 Å². The van der Waals surface area contributed by atoms with E-state index in [0.29, 0.717) is 37.5 Å². The highest BCUT2D eigenvalue weighted by Crippen LogP contribution is 2.45. The first-order chi connectivity index (χ1) is 44.1. The number of ether oxygens (including phenoxy) is 4. The number of carbonyl (C=O) groups is 4. The molecular formula is C73H142O17P2. The third kappa shape index (κ3) is 65.4. The molecule has 0 aliphatic rings. The molecule has 0 radical (unpaired) electrons. The lowest BCUT2D eigenvalue weighted by Gasteiger charge is -2.21. The van der Waals surface area contributed by atoms with Crippen molar-refractivity contribution in [2.24, 2.45) is 23.7 Å². The van der Waals surface area contributed by atoms with Crippen molar-refractivity contribution in [1.82, 2.24) is 0 Å². The van der Waals surface area contributed by atoms with Gasteiger partial charge in [0.25, 0.3) is 0 Å². The first-order valence-corrected chi connectivity index (χ1v) is 40.7. The Balaban J connectivity index is 5.14. The summed E-state index contributed by atoms with van der Waals surface area (Å²) in [7, 11) is -9.90. The predicted molar refractivity (Wildman–Crippen MR) is 372 cm³/mol. The van der Waals surface area contributed by atoms with Gasteiger partial charge in [-0.2, -0.15) is 0 Å². The molecule has 6 atom stereocenters. The Morgan fingerprint density at radius 1 is 0.304 bits per heavy atom. The van der Waals surface area contributed by atoms with Crippen molar-refractivity contribution in [3.63, 3.8) is 0 Å². The Morgan fingerprint density at radius 3 is 0.772 bits per heavy atom. The van der Waals surface area contributed by atoms with Crippen LogP contribution in [0.15, 0.2) is 0 Å². The number of phosphoric ester groups is 2. The molecule has 92 heavy (non-hydrogen) atoms. The number of rotatable bonds is 70. The van der Waals surface area contributed by atoms with E-state index in [0.717, 1.165) is 108 Å². The average Bonchev–Trinajstić information content (AvgIpc) is 1.73. The number of phosphoric acid groups is 2. The lowest BCUT2D eigenvalue weighted by molar-refractivity contribution is -0.161. The van der Waals surface area contributed by atoms with E-state index in [2.05, 4.69) is 55.4 Å². The van der Waals surface area contributed by atoms with E-state index in [1.165, 1.54) is 161 Å². The number of aliphatic hydroxyl groups excluding tert-OH is 1. The molecule has 3 N–H and O–H groups in total. The quantitative estimate of drug-likeness (QED) is 0.0222. The van der Waals surface area contributed by atoms with Crippen molar-refractivity contribution in [1.29, 1.82) is 0 Å².